The minimum atomic E-state index is -0.476. The van der Waals surface area contributed by atoms with Gasteiger partial charge in [-0.05, 0) is 17.7 Å². The van der Waals surface area contributed by atoms with E-state index in [-0.39, 0.29) is 6.54 Å². The van der Waals surface area contributed by atoms with Crippen LogP contribution in [-0.2, 0) is 11.3 Å². The predicted octanol–water partition coefficient (Wildman–Crippen LogP) is 1.57. The summed E-state index contributed by atoms with van der Waals surface area (Å²) in [5.41, 5.74) is 6.89. The molecule has 0 amide bonds. The molecule has 0 fully saturated rings. The number of nitrogens with zero attached hydrogens (tertiary/aromatic N) is 1. The quantitative estimate of drug-likeness (QED) is 0.827. The lowest BCUT2D eigenvalue weighted by Gasteiger charge is -2.06. The summed E-state index contributed by atoms with van der Waals surface area (Å²) in [4.78, 5) is 11.2. The number of benzene rings is 1. The summed E-state index contributed by atoms with van der Waals surface area (Å²) in [5.74, 6) is -0.476. The van der Waals surface area contributed by atoms with Crippen LogP contribution in [0, 0.1) is 11.3 Å². The summed E-state index contributed by atoms with van der Waals surface area (Å²) in [6, 6.07) is 5.05. The number of hydrogen-bond donors (Lipinski definition) is 1. The summed E-state index contributed by atoms with van der Waals surface area (Å²) in [6.45, 7) is 0.241. The fourth-order valence-corrected chi connectivity index (χ4v) is 1.80. The Morgan fingerprint density at radius 2 is 2.33 bits per heavy atom. The van der Waals surface area contributed by atoms with Gasteiger partial charge in [-0.2, -0.15) is 5.26 Å². The average Bonchev–Trinajstić information content (AvgIpc) is 2.26. The van der Waals surface area contributed by atoms with Crippen molar-refractivity contribution in [2.45, 2.75) is 6.54 Å². The van der Waals surface area contributed by atoms with Crippen molar-refractivity contribution < 1.29 is 9.53 Å². The molecule has 78 valence electrons. The highest BCUT2D eigenvalue weighted by atomic mass is 79.9. The number of nitriles is 1. The molecule has 0 spiro atoms. The van der Waals surface area contributed by atoms with E-state index < -0.39 is 5.97 Å². The molecule has 0 atom stereocenters. The second-order valence-electron chi connectivity index (χ2n) is 2.79. The normalized spacial score (nSPS) is 9.47. The monoisotopic (exact) mass is 268 g/mol. The fraction of sp³-hybridized carbons (Fsp3) is 0.200. The zero-order valence-electron chi connectivity index (χ0n) is 8.08. The SMILES string of the molecule is COC(=O)c1cc(Br)c(CN)c(C#N)c1. The van der Waals surface area contributed by atoms with Gasteiger partial charge in [0.1, 0.15) is 0 Å². The van der Waals surface area contributed by atoms with Crippen LogP contribution in [0.4, 0.5) is 0 Å². The summed E-state index contributed by atoms with van der Waals surface area (Å²) in [5, 5.41) is 8.87. The number of methoxy groups -OCH3 is 1. The second-order valence-corrected chi connectivity index (χ2v) is 3.65. The van der Waals surface area contributed by atoms with Crippen LogP contribution in [0.2, 0.25) is 0 Å². The number of carbonyl (C=O) groups is 1. The number of ether oxygens (including phenoxy) is 1. The molecule has 1 rings (SSSR count). The first-order valence-corrected chi connectivity index (χ1v) is 4.94. The first kappa shape index (κ1) is 11.7. The van der Waals surface area contributed by atoms with Gasteiger partial charge in [0.15, 0.2) is 0 Å². The summed E-state index contributed by atoms with van der Waals surface area (Å²) in [6.07, 6.45) is 0. The summed E-state index contributed by atoms with van der Waals surface area (Å²) < 4.78 is 5.21. The first-order valence-electron chi connectivity index (χ1n) is 4.15. The van der Waals surface area contributed by atoms with Crippen molar-refractivity contribution >= 4 is 21.9 Å². The van der Waals surface area contributed by atoms with Gasteiger partial charge < -0.3 is 10.5 Å². The van der Waals surface area contributed by atoms with Gasteiger partial charge in [0, 0.05) is 11.0 Å². The molecule has 0 aromatic heterocycles. The van der Waals surface area contributed by atoms with Gasteiger partial charge in [-0.25, -0.2) is 4.79 Å². The third kappa shape index (κ3) is 2.35. The van der Waals surface area contributed by atoms with Crippen LogP contribution >= 0.6 is 15.9 Å². The van der Waals surface area contributed by atoms with Crippen LogP contribution in [0.5, 0.6) is 0 Å². The van der Waals surface area contributed by atoms with Gasteiger partial charge >= 0.3 is 5.97 Å². The molecule has 0 aliphatic carbocycles. The zero-order chi connectivity index (χ0) is 11.4. The van der Waals surface area contributed by atoms with Gasteiger partial charge in [0.2, 0.25) is 0 Å². The molecule has 1 aromatic rings. The Kier molecular flexibility index (Phi) is 3.83. The molecular weight excluding hydrogens is 260 g/mol. The van der Waals surface area contributed by atoms with Crippen molar-refractivity contribution in [1.82, 2.24) is 0 Å². The van der Waals surface area contributed by atoms with Gasteiger partial charge in [-0.3, -0.25) is 0 Å². The number of esters is 1. The third-order valence-corrected chi connectivity index (χ3v) is 2.65. The number of hydrogen-bond acceptors (Lipinski definition) is 4. The van der Waals surface area contributed by atoms with Crippen LogP contribution in [0.25, 0.3) is 0 Å². The average molecular weight is 269 g/mol. The van der Waals surface area contributed by atoms with Gasteiger partial charge in [0.05, 0.1) is 24.3 Å². The van der Waals surface area contributed by atoms with E-state index in [2.05, 4.69) is 20.7 Å². The lowest BCUT2D eigenvalue weighted by molar-refractivity contribution is 0.0600. The summed E-state index contributed by atoms with van der Waals surface area (Å²) in [7, 11) is 1.29. The number of carbonyl (C=O) groups excluding carboxylic acids is 1. The van der Waals surface area contributed by atoms with Crippen LogP contribution in [-0.4, -0.2) is 13.1 Å². The van der Waals surface area contributed by atoms with Crippen molar-refractivity contribution in [1.29, 1.82) is 5.26 Å². The number of rotatable bonds is 2. The molecule has 0 bridgehead atoms. The van der Waals surface area contributed by atoms with E-state index in [1.807, 2.05) is 6.07 Å². The molecule has 0 saturated heterocycles. The van der Waals surface area contributed by atoms with Gasteiger partial charge in [0.25, 0.3) is 0 Å². The Morgan fingerprint density at radius 3 is 2.80 bits per heavy atom. The minimum Gasteiger partial charge on any atom is -0.465 e. The Morgan fingerprint density at radius 1 is 1.67 bits per heavy atom. The van der Waals surface area contributed by atoms with Crippen molar-refractivity contribution in [3.05, 3.63) is 33.3 Å². The second kappa shape index (κ2) is 4.91. The molecule has 5 heteroatoms. The molecule has 0 aliphatic heterocycles. The Bertz CT molecular complexity index is 438. The molecule has 0 radical (unpaired) electrons. The van der Waals surface area contributed by atoms with Crippen LogP contribution < -0.4 is 5.73 Å². The first-order chi connectivity index (χ1) is 7.13. The lowest BCUT2D eigenvalue weighted by atomic mass is 10.0. The molecule has 0 heterocycles. The predicted molar refractivity (Wildman–Crippen MR) is 58.1 cm³/mol. The zero-order valence-corrected chi connectivity index (χ0v) is 9.67. The molecule has 15 heavy (non-hydrogen) atoms. The molecule has 4 nitrogen and oxygen atoms in total. The van der Waals surface area contributed by atoms with Crippen LogP contribution in [0.1, 0.15) is 21.5 Å². The molecule has 0 saturated carbocycles. The van der Waals surface area contributed by atoms with Crippen LogP contribution in [0.15, 0.2) is 16.6 Å². The van der Waals surface area contributed by atoms with Gasteiger partial charge in [-0.15, -0.1) is 0 Å². The van der Waals surface area contributed by atoms with E-state index in [9.17, 15) is 4.79 Å². The third-order valence-electron chi connectivity index (χ3n) is 1.94. The molecular formula is C10H9BrN2O2. The Balaban J connectivity index is 3.33. The largest absolute Gasteiger partial charge is 0.465 e. The number of halogens is 1. The smallest absolute Gasteiger partial charge is 0.337 e. The summed E-state index contributed by atoms with van der Waals surface area (Å²) >= 11 is 3.26. The van der Waals surface area contributed by atoms with Crippen molar-refractivity contribution in [2.24, 2.45) is 5.73 Å². The number of nitrogens with two attached hydrogens (primary N) is 1. The van der Waals surface area contributed by atoms with E-state index in [0.29, 0.717) is 21.2 Å². The van der Waals surface area contributed by atoms with E-state index in [4.69, 9.17) is 11.0 Å². The highest BCUT2D eigenvalue weighted by Crippen LogP contribution is 2.22. The molecule has 1 aromatic carbocycles. The lowest BCUT2D eigenvalue weighted by Crippen LogP contribution is -2.06. The van der Waals surface area contributed by atoms with E-state index >= 15 is 0 Å². The Labute approximate surface area is 95.8 Å². The van der Waals surface area contributed by atoms with Crippen molar-refractivity contribution in [3.63, 3.8) is 0 Å². The maximum atomic E-state index is 11.2. The van der Waals surface area contributed by atoms with Crippen LogP contribution in [0.3, 0.4) is 0 Å². The van der Waals surface area contributed by atoms with E-state index in [1.54, 1.807) is 6.07 Å². The van der Waals surface area contributed by atoms with Gasteiger partial charge in [-0.1, -0.05) is 15.9 Å². The molecule has 0 unspecified atom stereocenters. The van der Waals surface area contributed by atoms with E-state index in [0.717, 1.165) is 0 Å². The maximum absolute atomic E-state index is 11.2. The van der Waals surface area contributed by atoms with E-state index in [1.165, 1.54) is 13.2 Å². The highest BCUT2D eigenvalue weighted by molar-refractivity contribution is 9.10. The Hall–Kier alpha value is -1.38. The molecule has 0 aliphatic rings. The highest BCUT2D eigenvalue weighted by Gasteiger charge is 2.12. The standard InChI is InChI=1S/C10H9BrN2O2/c1-15-10(14)6-2-7(4-12)8(5-13)9(11)3-6/h2-3H,5,13H2,1H3. The fourth-order valence-electron chi connectivity index (χ4n) is 1.18. The topological polar surface area (TPSA) is 76.1 Å². The molecule has 2 N–H and O–H groups in total. The maximum Gasteiger partial charge on any atom is 0.337 e. The van der Waals surface area contributed by atoms with Crippen molar-refractivity contribution in [3.8, 4) is 6.07 Å². The minimum absolute atomic E-state index is 0.241. The van der Waals surface area contributed by atoms with Crippen molar-refractivity contribution in [2.75, 3.05) is 7.11 Å².